The SMILES string of the molecule is Cc1occc1CN(C)C(=O)c1cccc(Br)c1F. The molecule has 1 aromatic heterocycles. The Morgan fingerprint density at radius 1 is 1.42 bits per heavy atom. The molecule has 5 heteroatoms. The van der Waals surface area contributed by atoms with E-state index in [0.717, 1.165) is 11.3 Å². The van der Waals surface area contributed by atoms with Gasteiger partial charge in [0.15, 0.2) is 0 Å². The molecule has 0 aliphatic heterocycles. The quantitative estimate of drug-likeness (QED) is 0.860. The van der Waals surface area contributed by atoms with Crippen LogP contribution in [0.4, 0.5) is 4.39 Å². The van der Waals surface area contributed by atoms with Crippen molar-refractivity contribution >= 4 is 21.8 Å². The van der Waals surface area contributed by atoms with Crippen LogP contribution < -0.4 is 0 Å². The summed E-state index contributed by atoms with van der Waals surface area (Å²) in [5, 5.41) is 0. The number of furan rings is 1. The zero-order valence-corrected chi connectivity index (χ0v) is 12.2. The van der Waals surface area contributed by atoms with E-state index in [-0.39, 0.29) is 15.9 Å². The lowest BCUT2D eigenvalue weighted by Gasteiger charge is -2.17. The van der Waals surface area contributed by atoms with Gasteiger partial charge in [0.1, 0.15) is 11.6 Å². The summed E-state index contributed by atoms with van der Waals surface area (Å²) >= 11 is 3.07. The Morgan fingerprint density at radius 2 is 2.16 bits per heavy atom. The molecule has 19 heavy (non-hydrogen) atoms. The lowest BCUT2D eigenvalue weighted by atomic mass is 10.1. The highest BCUT2D eigenvalue weighted by Crippen LogP contribution is 2.20. The molecular weight excluding hydrogens is 313 g/mol. The molecule has 1 heterocycles. The maximum atomic E-state index is 13.9. The fraction of sp³-hybridized carbons (Fsp3) is 0.214. The third-order valence-corrected chi connectivity index (χ3v) is 3.51. The molecule has 0 N–H and O–H groups in total. The molecule has 0 fully saturated rings. The second-order valence-electron chi connectivity index (χ2n) is 4.26. The summed E-state index contributed by atoms with van der Waals surface area (Å²) in [6.45, 7) is 2.21. The second-order valence-corrected chi connectivity index (χ2v) is 5.12. The second kappa shape index (κ2) is 5.57. The van der Waals surface area contributed by atoms with Gasteiger partial charge in [-0.1, -0.05) is 6.07 Å². The average Bonchev–Trinajstić information content (AvgIpc) is 2.77. The van der Waals surface area contributed by atoms with E-state index < -0.39 is 5.82 Å². The van der Waals surface area contributed by atoms with Crippen molar-refractivity contribution in [1.29, 1.82) is 0 Å². The Balaban J connectivity index is 2.20. The van der Waals surface area contributed by atoms with Crippen molar-refractivity contribution < 1.29 is 13.6 Å². The molecule has 2 rings (SSSR count). The van der Waals surface area contributed by atoms with Crippen molar-refractivity contribution in [3.05, 3.63) is 57.7 Å². The van der Waals surface area contributed by atoms with E-state index in [4.69, 9.17) is 4.42 Å². The van der Waals surface area contributed by atoms with Crippen molar-refractivity contribution in [3.63, 3.8) is 0 Å². The number of rotatable bonds is 3. The first-order chi connectivity index (χ1) is 9.00. The summed E-state index contributed by atoms with van der Waals surface area (Å²) < 4.78 is 19.3. The molecule has 0 saturated carbocycles. The molecule has 1 aromatic carbocycles. The van der Waals surface area contributed by atoms with E-state index >= 15 is 0 Å². The minimum absolute atomic E-state index is 0.0537. The maximum Gasteiger partial charge on any atom is 0.256 e. The van der Waals surface area contributed by atoms with Crippen LogP contribution in [0.5, 0.6) is 0 Å². The summed E-state index contributed by atoms with van der Waals surface area (Å²) in [6, 6.07) is 6.47. The molecule has 100 valence electrons. The van der Waals surface area contributed by atoms with Crippen LogP contribution in [0.3, 0.4) is 0 Å². The third kappa shape index (κ3) is 2.87. The van der Waals surface area contributed by atoms with Gasteiger partial charge in [-0.15, -0.1) is 0 Å². The Bertz CT molecular complexity index is 609. The molecule has 0 unspecified atom stereocenters. The number of halogens is 2. The van der Waals surface area contributed by atoms with Gasteiger partial charge in [0.05, 0.1) is 16.3 Å². The third-order valence-electron chi connectivity index (χ3n) is 2.90. The van der Waals surface area contributed by atoms with Gasteiger partial charge in [-0.05, 0) is 41.1 Å². The minimum atomic E-state index is -0.539. The molecule has 0 spiro atoms. The molecule has 3 nitrogen and oxygen atoms in total. The highest BCUT2D eigenvalue weighted by atomic mass is 79.9. The van der Waals surface area contributed by atoms with E-state index in [1.54, 1.807) is 31.5 Å². The van der Waals surface area contributed by atoms with Gasteiger partial charge in [0, 0.05) is 19.2 Å². The number of carbonyl (C=O) groups excluding carboxylic acids is 1. The number of hydrogen-bond acceptors (Lipinski definition) is 2. The molecule has 0 saturated heterocycles. The van der Waals surface area contributed by atoms with Crippen molar-refractivity contribution in [2.75, 3.05) is 7.05 Å². The van der Waals surface area contributed by atoms with Gasteiger partial charge in [-0.3, -0.25) is 4.79 Å². The van der Waals surface area contributed by atoms with Gasteiger partial charge in [0.2, 0.25) is 0 Å². The topological polar surface area (TPSA) is 33.5 Å². The van der Waals surface area contributed by atoms with Crippen molar-refractivity contribution in [2.24, 2.45) is 0 Å². The lowest BCUT2D eigenvalue weighted by molar-refractivity contribution is 0.0780. The van der Waals surface area contributed by atoms with Crippen LogP contribution in [0.2, 0.25) is 0 Å². The molecule has 0 aliphatic rings. The van der Waals surface area contributed by atoms with E-state index in [2.05, 4.69) is 15.9 Å². The Kier molecular flexibility index (Phi) is 4.04. The number of nitrogens with zero attached hydrogens (tertiary/aromatic N) is 1. The van der Waals surface area contributed by atoms with Gasteiger partial charge in [-0.25, -0.2) is 4.39 Å². The number of carbonyl (C=O) groups is 1. The zero-order valence-electron chi connectivity index (χ0n) is 10.6. The normalized spacial score (nSPS) is 10.5. The smallest absolute Gasteiger partial charge is 0.256 e. The van der Waals surface area contributed by atoms with Gasteiger partial charge in [-0.2, -0.15) is 0 Å². The van der Waals surface area contributed by atoms with E-state index in [9.17, 15) is 9.18 Å². The Morgan fingerprint density at radius 3 is 2.79 bits per heavy atom. The van der Waals surface area contributed by atoms with E-state index in [1.165, 1.54) is 11.0 Å². The lowest BCUT2D eigenvalue weighted by Crippen LogP contribution is -2.27. The maximum absolute atomic E-state index is 13.9. The standard InChI is InChI=1S/C14H13BrFNO2/c1-9-10(6-7-19-9)8-17(2)14(18)11-4-3-5-12(15)13(11)16/h3-7H,8H2,1-2H3. The number of amides is 1. The minimum Gasteiger partial charge on any atom is -0.469 e. The van der Waals surface area contributed by atoms with Gasteiger partial charge < -0.3 is 9.32 Å². The van der Waals surface area contributed by atoms with Crippen LogP contribution in [0.1, 0.15) is 21.7 Å². The Labute approximate surface area is 119 Å². The summed E-state index contributed by atoms with van der Waals surface area (Å²) in [7, 11) is 1.63. The number of aryl methyl sites for hydroxylation is 1. The van der Waals surface area contributed by atoms with Crippen molar-refractivity contribution in [1.82, 2.24) is 4.90 Å². The largest absolute Gasteiger partial charge is 0.469 e. The van der Waals surface area contributed by atoms with Crippen LogP contribution in [-0.2, 0) is 6.54 Å². The van der Waals surface area contributed by atoms with Crippen molar-refractivity contribution in [3.8, 4) is 0 Å². The highest BCUT2D eigenvalue weighted by molar-refractivity contribution is 9.10. The predicted octanol–water partition coefficient (Wildman–Crippen LogP) is 3.76. The van der Waals surface area contributed by atoms with Crippen LogP contribution in [0.15, 0.2) is 39.4 Å². The van der Waals surface area contributed by atoms with Crippen LogP contribution in [0.25, 0.3) is 0 Å². The zero-order chi connectivity index (χ0) is 14.0. The molecule has 0 radical (unpaired) electrons. The van der Waals surface area contributed by atoms with Crippen LogP contribution in [-0.4, -0.2) is 17.9 Å². The molecule has 2 aromatic rings. The van der Waals surface area contributed by atoms with Gasteiger partial charge in [0.25, 0.3) is 5.91 Å². The summed E-state index contributed by atoms with van der Waals surface area (Å²) in [4.78, 5) is 13.7. The predicted molar refractivity (Wildman–Crippen MR) is 73.3 cm³/mol. The summed E-state index contributed by atoms with van der Waals surface area (Å²) in [5.74, 6) is -0.142. The Hall–Kier alpha value is -1.62. The highest BCUT2D eigenvalue weighted by Gasteiger charge is 2.18. The number of hydrogen-bond donors (Lipinski definition) is 0. The monoisotopic (exact) mass is 325 g/mol. The first-order valence-electron chi connectivity index (χ1n) is 5.73. The first-order valence-corrected chi connectivity index (χ1v) is 6.52. The van der Waals surface area contributed by atoms with Crippen molar-refractivity contribution in [2.45, 2.75) is 13.5 Å². The van der Waals surface area contributed by atoms with E-state index in [1.807, 2.05) is 6.92 Å². The average molecular weight is 326 g/mol. The molecule has 0 bridgehead atoms. The fourth-order valence-corrected chi connectivity index (χ4v) is 2.14. The summed E-state index contributed by atoms with van der Waals surface area (Å²) in [6.07, 6.45) is 1.57. The van der Waals surface area contributed by atoms with E-state index in [0.29, 0.717) is 6.54 Å². The van der Waals surface area contributed by atoms with Gasteiger partial charge >= 0.3 is 0 Å². The van der Waals surface area contributed by atoms with Crippen LogP contribution >= 0.6 is 15.9 Å². The summed E-state index contributed by atoms with van der Waals surface area (Å²) in [5.41, 5.74) is 0.962. The number of benzene rings is 1. The molecule has 0 aliphatic carbocycles. The molecular formula is C14H13BrFNO2. The molecule has 0 atom stereocenters. The fourth-order valence-electron chi connectivity index (χ4n) is 1.78. The van der Waals surface area contributed by atoms with Crippen LogP contribution in [0, 0.1) is 12.7 Å². The molecule has 1 amide bonds. The first kappa shape index (κ1) is 13.8.